The van der Waals surface area contributed by atoms with Crippen LogP contribution < -0.4 is 10.6 Å². The quantitative estimate of drug-likeness (QED) is 0.665. The van der Waals surface area contributed by atoms with Gasteiger partial charge in [0.25, 0.3) is 0 Å². The number of rotatable bonds is 7. The Morgan fingerprint density at radius 1 is 1.24 bits per heavy atom. The molecule has 0 spiro atoms. The number of carbonyl (C=O) groups is 3. The van der Waals surface area contributed by atoms with Crippen LogP contribution in [0.2, 0.25) is 0 Å². The topological polar surface area (TPSA) is 95.5 Å². The summed E-state index contributed by atoms with van der Waals surface area (Å²) in [6.45, 7) is 0.484. The van der Waals surface area contributed by atoms with Gasteiger partial charge in [-0.15, -0.1) is 0 Å². The molecule has 1 saturated carbocycles. The van der Waals surface area contributed by atoms with E-state index in [0.717, 1.165) is 12.8 Å². The van der Waals surface area contributed by atoms with E-state index in [1.165, 1.54) is 12.1 Å². The van der Waals surface area contributed by atoms with Gasteiger partial charge in [-0.25, -0.2) is 4.79 Å². The fraction of sp³-hybridized carbons (Fsp3) is 0.400. The van der Waals surface area contributed by atoms with Crippen molar-refractivity contribution in [2.75, 3.05) is 11.9 Å². The first-order valence-electron chi connectivity index (χ1n) is 6.97. The molecule has 1 aromatic rings. The van der Waals surface area contributed by atoms with E-state index in [-0.39, 0.29) is 29.7 Å². The molecule has 0 aromatic heterocycles. The van der Waals surface area contributed by atoms with E-state index < -0.39 is 5.97 Å². The summed E-state index contributed by atoms with van der Waals surface area (Å²) in [4.78, 5) is 33.9. The molecule has 2 rings (SSSR count). The zero-order valence-electron chi connectivity index (χ0n) is 11.6. The van der Waals surface area contributed by atoms with Crippen molar-refractivity contribution in [1.29, 1.82) is 0 Å². The van der Waals surface area contributed by atoms with E-state index in [1.807, 2.05) is 0 Å². The molecular formula is C15H18N2O4. The Morgan fingerprint density at radius 3 is 2.67 bits per heavy atom. The number of carbonyl (C=O) groups excluding carboxylic acids is 2. The molecule has 0 heterocycles. The summed E-state index contributed by atoms with van der Waals surface area (Å²) in [6, 6.07) is 6.09. The number of nitrogens with one attached hydrogen (secondary N) is 2. The molecule has 2 amide bonds. The van der Waals surface area contributed by atoms with E-state index in [4.69, 9.17) is 5.11 Å². The minimum Gasteiger partial charge on any atom is -0.478 e. The summed E-state index contributed by atoms with van der Waals surface area (Å²) < 4.78 is 0. The van der Waals surface area contributed by atoms with Crippen molar-refractivity contribution in [2.24, 2.45) is 5.92 Å². The van der Waals surface area contributed by atoms with Crippen molar-refractivity contribution < 1.29 is 19.5 Å². The fourth-order valence-corrected chi connectivity index (χ4v) is 1.90. The molecule has 0 bridgehead atoms. The Kier molecular flexibility index (Phi) is 4.92. The third kappa shape index (κ3) is 4.91. The zero-order valence-corrected chi connectivity index (χ0v) is 11.6. The van der Waals surface area contributed by atoms with E-state index in [2.05, 4.69) is 10.6 Å². The van der Waals surface area contributed by atoms with Gasteiger partial charge in [0.15, 0.2) is 0 Å². The number of amides is 2. The molecule has 1 aliphatic rings. The lowest BCUT2D eigenvalue weighted by Gasteiger charge is -2.07. The smallest absolute Gasteiger partial charge is 0.335 e. The average Bonchev–Trinajstić information content (AvgIpc) is 3.28. The maximum absolute atomic E-state index is 11.7. The molecule has 1 aliphatic carbocycles. The molecule has 21 heavy (non-hydrogen) atoms. The van der Waals surface area contributed by atoms with Gasteiger partial charge in [0, 0.05) is 24.6 Å². The predicted octanol–water partition coefficient (Wildman–Crippen LogP) is 1.63. The lowest BCUT2D eigenvalue weighted by Crippen LogP contribution is -2.26. The van der Waals surface area contributed by atoms with Crippen LogP contribution in [0.15, 0.2) is 24.3 Å². The number of hydrogen-bond donors (Lipinski definition) is 3. The van der Waals surface area contributed by atoms with Crippen LogP contribution in [0.4, 0.5) is 5.69 Å². The molecule has 0 saturated heterocycles. The van der Waals surface area contributed by atoms with E-state index in [1.54, 1.807) is 12.1 Å². The maximum atomic E-state index is 11.7. The third-order valence-corrected chi connectivity index (χ3v) is 3.22. The Bertz CT molecular complexity index is 552. The van der Waals surface area contributed by atoms with Crippen LogP contribution in [0.1, 0.15) is 36.0 Å². The van der Waals surface area contributed by atoms with Crippen LogP contribution in [-0.4, -0.2) is 29.4 Å². The minimum atomic E-state index is -1.03. The SMILES string of the molecule is O=C(CCCNC(=O)C1CC1)Nc1cccc(C(=O)O)c1. The third-order valence-electron chi connectivity index (χ3n) is 3.22. The normalized spacial score (nSPS) is 13.5. The Balaban J connectivity index is 1.70. The molecule has 6 nitrogen and oxygen atoms in total. The first-order chi connectivity index (χ1) is 10.1. The summed E-state index contributed by atoms with van der Waals surface area (Å²) in [6.07, 6.45) is 2.77. The molecule has 1 aromatic carbocycles. The monoisotopic (exact) mass is 290 g/mol. The summed E-state index contributed by atoms with van der Waals surface area (Å²) in [5, 5.41) is 14.3. The number of aromatic carboxylic acids is 1. The van der Waals surface area contributed by atoms with Gasteiger partial charge in [0.1, 0.15) is 0 Å². The number of carboxylic acid groups (broad SMARTS) is 1. The van der Waals surface area contributed by atoms with Crippen molar-refractivity contribution >= 4 is 23.5 Å². The maximum Gasteiger partial charge on any atom is 0.335 e. The first kappa shape index (κ1) is 15.0. The van der Waals surface area contributed by atoms with Gasteiger partial charge < -0.3 is 15.7 Å². The Morgan fingerprint density at radius 2 is 2.00 bits per heavy atom. The van der Waals surface area contributed by atoms with Gasteiger partial charge in [-0.3, -0.25) is 9.59 Å². The molecule has 0 radical (unpaired) electrons. The highest BCUT2D eigenvalue weighted by Gasteiger charge is 2.28. The molecule has 6 heteroatoms. The van der Waals surface area contributed by atoms with Crippen LogP contribution >= 0.6 is 0 Å². The van der Waals surface area contributed by atoms with E-state index >= 15 is 0 Å². The lowest BCUT2D eigenvalue weighted by molar-refractivity contribution is -0.122. The zero-order chi connectivity index (χ0) is 15.2. The second-order valence-corrected chi connectivity index (χ2v) is 5.10. The van der Waals surface area contributed by atoms with Gasteiger partial charge in [0.05, 0.1) is 5.56 Å². The number of benzene rings is 1. The average molecular weight is 290 g/mol. The molecule has 3 N–H and O–H groups in total. The summed E-state index contributed by atoms with van der Waals surface area (Å²) in [5.41, 5.74) is 0.589. The highest BCUT2D eigenvalue weighted by molar-refractivity contribution is 5.93. The van der Waals surface area contributed by atoms with Crippen LogP contribution in [-0.2, 0) is 9.59 Å². The van der Waals surface area contributed by atoms with Crippen molar-refractivity contribution in [3.63, 3.8) is 0 Å². The second kappa shape index (κ2) is 6.88. The van der Waals surface area contributed by atoms with Crippen molar-refractivity contribution in [1.82, 2.24) is 5.32 Å². The Labute approximate surface area is 122 Å². The van der Waals surface area contributed by atoms with Crippen LogP contribution in [0.5, 0.6) is 0 Å². The first-order valence-corrected chi connectivity index (χ1v) is 6.97. The largest absolute Gasteiger partial charge is 0.478 e. The molecule has 0 unspecified atom stereocenters. The molecule has 0 atom stereocenters. The highest BCUT2D eigenvalue weighted by Crippen LogP contribution is 2.28. The van der Waals surface area contributed by atoms with Crippen molar-refractivity contribution in [2.45, 2.75) is 25.7 Å². The predicted molar refractivity (Wildman–Crippen MR) is 77.0 cm³/mol. The standard InChI is InChI=1S/C15H18N2O4/c18-13(5-2-8-16-14(19)10-6-7-10)17-12-4-1-3-11(9-12)15(20)21/h1,3-4,9-10H,2,5-8H2,(H,16,19)(H,17,18)(H,20,21). The van der Waals surface area contributed by atoms with Crippen molar-refractivity contribution in [3.8, 4) is 0 Å². The van der Waals surface area contributed by atoms with Crippen LogP contribution in [0.3, 0.4) is 0 Å². The second-order valence-electron chi connectivity index (χ2n) is 5.10. The van der Waals surface area contributed by atoms with Gasteiger partial charge >= 0.3 is 5.97 Å². The summed E-state index contributed by atoms with van der Waals surface area (Å²) in [5.74, 6) is -0.978. The number of anilines is 1. The number of carboxylic acids is 1. The van der Waals surface area contributed by atoms with Gasteiger partial charge in [-0.1, -0.05) is 6.07 Å². The molecule has 112 valence electrons. The summed E-state index contributed by atoms with van der Waals surface area (Å²) >= 11 is 0. The highest BCUT2D eigenvalue weighted by atomic mass is 16.4. The fourth-order valence-electron chi connectivity index (χ4n) is 1.90. The van der Waals surface area contributed by atoms with Crippen molar-refractivity contribution in [3.05, 3.63) is 29.8 Å². The minimum absolute atomic E-state index is 0.0737. The van der Waals surface area contributed by atoms with Gasteiger partial charge in [-0.05, 0) is 37.5 Å². The molecule has 0 aliphatic heterocycles. The number of hydrogen-bond acceptors (Lipinski definition) is 3. The van der Waals surface area contributed by atoms with Crippen LogP contribution in [0.25, 0.3) is 0 Å². The van der Waals surface area contributed by atoms with E-state index in [0.29, 0.717) is 18.7 Å². The molecular weight excluding hydrogens is 272 g/mol. The summed E-state index contributed by atoms with van der Waals surface area (Å²) in [7, 11) is 0. The van der Waals surface area contributed by atoms with Crippen LogP contribution in [0, 0.1) is 5.92 Å². The Hall–Kier alpha value is -2.37. The van der Waals surface area contributed by atoms with E-state index in [9.17, 15) is 14.4 Å². The van der Waals surface area contributed by atoms with Gasteiger partial charge in [0.2, 0.25) is 11.8 Å². The lowest BCUT2D eigenvalue weighted by atomic mass is 10.2. The molecule has 1 fully saturated rings. The van der Waals surface area contributed by atoms with Gasteiger partial charge in [-0.2, -0.15) is 0 Å².